The molecule has 1 atom stereocenters. The maximum atomic E-state index is 9.78. The lowest BCUT2D eigenvalue weighted by Crippen LogP contribution is -1.98. The van der Waals surface area contributed by atoms with Gasteiger partial charge in [-0.1, -0.05) is 43.3 Å². The van der Waals surface area contributed by atoms with E-state index in [4.69, 9.17) is 0 Å². The van der Waals surface area contributed by atoms with Crippen LogP contribution in [0.2, 0.25) is 0 Å². The Balaban J connectivity index is 2.17. The molecule has 0 aliphatic rings. The van der Waals surface area contributed by atoms with E-state index in [0.29, 0.717) is 0 Å². The van der Waals surface area contributed by atoms with E-state index in [-0.39, 0.29) is 17.4 Å². The van der Waals surface area contributed by atoms with E-state index < -0.39 is 0 Å². The van der Waals surface area contributed by atoms with Crippen molar-refractivity contribution in [3.8, 4) is 11.5 Å². The largest absolute Gasteiger partial charge is 0.508 e. The molecule has 0 aliphatic carbocycles. The van der Waals surface area contributed by atoms with Crippen molar-refractivity contribution in [3.05, 3.63) is 59.7 Å². The molecular weight excluding hydrogens is 212 g/mol. The van der Waals surface area contributed by atoms with Gasteiger partial charge >= 0.3 is 0 Å². The minimum absolute atomic E-state index is 0.0955. The van der Waals surface area contributed by atoms with Crippen LogP contribution in [0.4, 0.5) is 0 Å². The van der Waals surface area contributed by atoms with Crippen molar-refractivity contribution in [1.82, 2.24) is 0 Å². The van der Waals surface area contributed by atoms with E-state index in [1.165, 1.54) is 11.6 Å². The van der Waals surface area contributed by atoms with Crippen LogP contribution in [0.5, 0.6) is 11.5 Å². The lowest BCUT2D eigenvalue weighted by Gasteiger charge is -2.13. The van der Waals surface area contributed by atoms with E-state index in [9.17, 15) is 10.2 Å². The van der Waals surface area contributed by atoms with Gasteiger partial charge in [-0.25, -0.2) is 0 Å². The van der Waals surface area contributed by atoms with Gasteiger partial charge in [-0.05, 0) is 29.5 Å². The predicted molar refractivity (Wildman–Crippen MR) is 68.3 cm³/mol. The van der Waals surface area contributed by atoms with Crippen molar-refractivity contribution < 1.29 is 10.2 Å². The molecule has 2 aromatic rings. The predicted octanol–water partition coefficient (Wildman–Crippen LogP) is 3.44. The zero-order chi connectivity index (χ0) is 12.3. The van der Waals surface area contributed by atoms with Crippen LogP contribution in [0.1, 0.15) is 24.0 Å². The molecule has 0 aliphatic heterocycles. The second kappa shape index (κ2) is 4.91. The standard InChI is InChI=1S/C15H16O2/c1-11(9-12-5-3-2-4-6-12)14-8-7-13(16)10-15(14)17/h2-8,10-11,16-17H,9H2,1H3. The van der Waals surface area contributed by atoms with Crippen molar-refractivity contribution in [2.45, 2.75) is 19.3 Å². The smallest absolute Gasteiger partial charge is 0.122 e. The summed E-state index contributed by atoms with van der Waals surface area (Å²) in [7, 11) is 0. The van der Waals surface area contributed by atoms with Crippen LogP contribution in [0.25, 0.3) is 0 Å². The fourth-order valence-corrected chi connectivity index (χ4v) is 2.03. The third-order valence-corrected chi connectivity index (χ3v) is 2.93. The second-order valence-corrected chi connectivity index (χ2v) is 4.33. The summed E-state index contributed by atoms with van der Waals surface area (Å²) >= 11 is 0. The van der Waals surface area contributed by atoms with Gasteiger partial charge in [0.25, 0.3) is 0 Å². The van der Waals surface area contributed by atoms with Crippen molar-refractivity contribution in [1.29, 1.82) is 0 Å². The Morgan fingerprint density at radius 3 is 2.35 bits per heavy atom. The molecule has 0 radical (unpaired) electrons. The van der Waals surface area contributed by atoms with Crippen LogP contribution in [-0.2, 0) is 6.42 Å². The van der Waals surface area contributed by atoms with Crippen molar-refractivity contribution in [2.24, 2.45) is 0 Å². The number of aromatic hydroxyl groups is 2. The van der Waals surface area contributed by atoms with Crippen molar-refractivity contribution >= 4 is 0 Å². The van der Waals surface area contributed by atoms with Crippen LogP contribution in [0.15, 0.2) is 48.5 Å². The fraction of sp³-hybridized carbons (Fsp3) is 0.200. The first kappa shape index (κ1) is 11.5. The Morgan fingerprint density at radius 1 is 1.00 bits per heavy atom. The van der Waals surface area contributed by atoms with Gasteiger partial charge in [0.05, 0.1) is 0 Å². The molecule has 88 valence electrons. The molecule has 0 bridgehead atoms. The van der Waals surface area contributed by atoms with Crippen LogP contribution in [0.3, 0.4) is 0 Å². The molecule has 2 rings (SSSR count). The van der Waals surface area contributed by atoms with Gasteiger partial charge in [-0.15, -0.1) is 0 Å². The molecule has 0 heterocycles. The van der Waals surface area contributed by atoms with E-state index in [0.717, 1.165) is 12.0 Å². The van der Waals surface area contributed by atoms with Crippen LogP contribution in [0, 0.1) is 0 Å². The Kier molecular flexibility index (Phi) is 3.33. The lowest BCUT2D eigenvalue weighted by molar-refractivity contribution is 0.442. The third kappa shape index (κ3) is 2.78. The topological polar surface area (TPSA) is 40.5 Å². The molecule has 0 spiro atoms. The lowest BCUT2D eigenvalue weighted by atomic mass is 9.93. The molecule has 1 unspecified atom stereocenters. The van der Waals surface area contributed by atoms with E-state index in [2.05, 4.69) is 19.1 Å². The first-order chi connectivity index (χ1) is 8.16. The van der Waals surface area contributed by atoms with Gasteiger partial charge in [0, 0.05) is 6.07 Å². The average molecular weight is 228 g/mol. The molecule has 0 aromatic heterocycles. The summed E-state index contributed by atoms with van der Waals surface area (Å²) in [5, 5.41) is 19.0. The zero-order valence-electron chi connectivity index (χ0n) is 9.80. The minimum Gasteiger partial charge on any atom is -0.508 e. The molecule has 0 saturated carbocycles. The van der Waals surface area contributed by atoms with Gasteiger partial charge in [-0.2, -0.15) is 0 Å². The van der Waals surface area contributed by atoms with Gasteiger partial charge in [0.1, 0.15) is 11.5 Å². The number of phenols is 2. The van der Waals surface area contributed by atoms with Gasteiger partial charge in [0.2, 0.25) is 0 Å². The Labute approximate surface area is 101 Å². The highest BCUT2D eigenvalue weighted by atomic mass is 16.3. The van der Waals surface area contributed by atoms with Gasteiger partial charge in [-0.3, -0.25) is 0 Å². The summed E-state index contributed by atoms with van der Waals surface area (Å²) in [5.74, 6) is 0.476. The Hall–Kier alpha value is -1.96. The first-order valence-corrected chi connectivity index (χ1v) is 5.72. The number of benzene rings is 2. The van der Waals surface area contributed by atoms with Crippen LogP contribution < -0.4 is 0 Å². The molecule has 2 nitrogen and oxygen atoms in total. The highest BCUT2D eigenvalue weighted by Gasteiger charge is 2.11. The van der Waals surface area contributed by atoms with E-state index in [1.54, 1.807) is 12.1 Å². The molecule has 2 N–H and O–H groups in total. The number of rotatable bonds is 3. The van der Waals surface area contributed by atoms with Crippen molar-refractivity contribution in [2.75, 3.05) is 0 Å². The SMILES string of the molecule is CC(Cc1ccccc1)c1ccc(O)cc1O. The highest BCUT2D eigenvalue weighted by molar-refractivity contribution is 5.41. The maximum absolute atomic E-state index is 9.78. The summed E-state index contributed by atoms with van der Waals surface area (Å²) in [6.07, 6.45) is 0.874. The quantitative estimate of drug-likeness (QED) is 0.844. The Morgan fingerprint density at radius 2 is 1.71 bits per heavy atom. The van der Waals surface area contributed by atoms with Crippen LogP contribution >= 0.6 is 0 Å². The molecule has 0 amide bonds. The molecule has 17 heavy (non-hydrogen) atoms. The molecule has 0 fully saturated rings. The first-order valence-electron chi connectivity index (χ1n) is 5.72. The summed E-state index contributed by atoms with van der Waals surface area (Å²) in [6, 6.07) is 14.9. The summed E-state index contributed by atoms with van der Waals surface area (Å²) in [4.78, 5) is 0. The highest BCUT2D eigenvalue weighted by Crippen LogP contribution is 2.30. The summed E-state index contributed by atoms with van der Waals surface area (Å²) in [6.45, 7) is 2.07. The normalized spacial score (nSPS) is 12.3. The molecular formula is C15H16O2. The number of hydrogen-bond donors (Lipinski definition) is 2. The fourth-order valence-electron chi connectivity index (χ4n) is 2.03. The maximum Gasteiger partial charge on any atom is 0.122 e. The monoisotopic (exact) mass is 228 g/mol. The van der Waals surface area contributed by atoms with Crippen LogP contribution in [-0.4, -0.2) is 10.2 Å². The van der Waals surface area contributed by atoms with Crippen molar-refractivity contribution in [3.63, 3.8) is 0 Å². The van der Waals surface area contributed by atoms with Gasteiger partial charge < -0.3 is 10.2 Å². The molecule has 2 aromatic carbocycles. The van der Waals surface area contributed by atoms with Gasteiger partial charge in [0.15, 0.2) is 0 Å². The average Bonchev–Trinajstić information content (AvgIpc) is 2.30. The van der Waals surface area contributed by atoms with E-state index in [1.807, 2.05) is 18.2 Å². The summed E-state index contributed by atoms with van der Waals surface area (Å²) < 4.78 is 0. The third-order valence-electron chi connectivity index (χ3n) is 2.93. The molecule has 0 saturated heterocycles. The number of phenolic OH excluding ortho intramolecular Hbond substituents is 2. The zero-order valence-corrected chi connectivity index (χ0v) is 9.80. The Bertz CT molecular complexity index is 492. The second-order valence-electron chi connectivity index (χ2n) is 4.33. The van der Waals surface area contributed by atoms with E-state index >= 15 is 0 Å². The minimum atomic E-state index is 0.0955. The number of hydrogen-bond acceptors (Lipinski definition) is 2. The summed E-state index contributed by atoms with van der Waals surface area (Å²) in [5.41, 5.74) is 2.11. The molecule has 2 heteroatoms.